The Bertz CT molecular complexity index is 1270. The minimum Gasteiger partial charge on any atom is -0.496 e. The third kappa shape index (κ3) is 5.27. The first kappa shape index (κ1) is 24.2. The highest BCUT2D eigenvalue weighted by atomic mass is 35.5. The Balaban J connectivity index is 1.42. The Morgan fingerprint density at radius 1 is 1.14 bits per heavy atom. The lowest BCUT2D eigenvalue weighted by Crippen LogP contribution is -2.41. The van der Waals surface area contributed by atoms with E-state index >= 15 is 0 Å². The quantitative estimate of drug-likeness (QED) is 0.401. The normalized spacial score (nSPS) is 14.0. The molecule has 11 heteroatoms. The summed E-state index contributed by atoms with van der Waals surface area (Å²) in [5, 5.41) is 18.7. The molecular formula is C24H24ClN5O5. The van der Waals surface area contributed by atoms with Crippen LogP contribution in [0.2, 0.25) is 5.02 Å². The molecule has 0 saturated carbocycles. The minimum absolute atomic E-state index is 0.0279. The minimum atomic E-state index is -0.472. The number of aromatic nitrogens is 2. The maximum atomic E-state index is 13.0. The fourth-order valence-electron chi connectivity index (χ4n) is 4.09. The van der Waals surface area contributed by atoms with E-state index in [0.29, 0.717) is 59.5 Å². The highest BCUT2D eigenvalue weighted by molar-refractivity contribution is 6.31. The van der Waals surface area contributed by atoms with Crippen molar-refractivity contribution in [1.29, 1.82) is 0 Å². The van der Waals surface area contributed by atoms with Gasteiger partial charge in [0.2, 0.25) is 5.91 Å². The standard InChI is InChI=1S/C24H24ClN5O5/c1-15-13-22(29(27-15)18-4-6-19(7-5-18)30(33)34)26-23(31)16-9-11-28(12-10-16)24(32)20-14-17(25)3-8-21(20)35-2/h3-8,13-14,16H,9-12H2,1-2H3,(H,26,31). The molecule has 1 aliphatic rings. The fraction of sp³-hybridized carbons (Fsp3) is 0.292. The second-order valence-electron chi connectivity index (χ2n) is 8.26. The Kier molecular flexibility index (Phi) is 7.02. The number of anilines is 1. The summed E-state index contributed by atoms with van der Waals surface area (Å²) in [6, 6.07) is 12.6. The zero-order chi connectivity index (χ0) is 25.1. The first-order valence-corrected chi connectivity index (χ1v) is 11.4. The summed E-state index contributed by atoms with van der Waals surface area (Å²) < 4.78 is 6.84. The van der Waals surface area contributed by atoms with E-state index in [1.807, 2.05) is 0 Å². The predicted molar refractivity (Wildman–Crippen MR) is 130 cm³/mol. The van der Waals surface area contributed by atoms with Gasteiger partial charge in [-0.25, -0.2) is 4.68 Å². The molecule has 10 nitrogen and oxygen atoms in total. The molecular weight excluding hydrogens is 474 g/mol. The van der Waals surface area contributed by atoms with E-state index in [4.69, 9.17) is 16.3 Å². The molecule has 2 aromatic carbocycles. The van der Waals surface area contributed by atoms with Gasteiger partial charge in [-0.05, 0) is 50.1 Å². The monoisotopic (exact) mass is 497 g/mol. The number of amides is 2. The van der Waals surface area contributed by atoms with Crippen molar-refractivity contribution in [2.24, 2.45) is 5.92 Å². The number of ether oxygens (including phenoxy) is 1. The molecule has 1 saturated heterocycles. The number of non-ortho nitro benzene ring substituents is 1. The number of carbonyl (C=O) groups is 2. The Morgan fingerprint density at radius 3 is 2.46 bits per heavy atom. The van der Waals surface area contributed by atoms with Crippen LogP contribution in [0.15, 0.2) is 48.5 Å². The van der Waals surface area contributed by atoms with Crippen LogP contribution in [0.5, 0.6) is 5.75 Å². The van der Waals surface area contributed by atoms with Crippen molar-refractivity contribution >= 4 is 34.9 Å². The largest absolute Gasteiger partial charge is 0.496 e. The molecule has 0 bridgehead atoms. The van der Waals surface area contributed by atoms with Crippen LogP contribution >= 0.6 is 11.6 Å². The van der Waals surface area contributed by atoms with Gasteiger partial charge in [-0.3, -0.25) is 19.7 Å². The van der Waals surface area contributed by atoms with E-state index in [-0.39, 0.29) is 23.4 Å². The average Bonchev–Trinajstić information content (AvgIpc) is 3.23. The summed E-state index contributed by atoms with van der Waals surface area (Å²) in [6.07, 6.45) is 1.01. The van der Waals surface area contributed by atoms with E-state index in [1.54, 1.807) is 52.9 Å². The number of likely N-dealkylation sites (tertiary alicyclic amines) is 1. The number of rotatable bonds is 6. The molecule has 1 aromatic heterocycles. The lowest BCUT2D eigenvalue weighted by molar-refractivity contribution is -0.384. The van der Waals surface area contributed by atoms with Gasteiger partial charge in [0.25, 0.3) is 11.6 Å². The smallest absolute Gasteiger partial charge is 0.269 e. The molecule has 2 heterocycles. The molecule has 2 amide bonds. The maximum Gasteiger partial charge on any atom is 0.269 e. The van der Waals surface area contributed by atoms with Gasteiger partial charge < -0.3 is 15.0 Å². The molecule has 4 rings (SSSR count). The van der Waals surface area contributed by atoms with Crippen LogP contribution in [0.4, 0.5) is 11.5 Å². The summed E-state index contributed by atoms with van der Waals surface area (Å²) in [5.74, 6) is 0.300. The van der Waals surface area contributed by atoms with Gasteiger partial charge in [-0.15, -0.1) is 0 Å². The number of carbonyl (C=O) groups excluding carboxylic acids is 2. The van der Waals surface area contributed by atoms with Crippen LogP contribution in [-0.2, 0) is 4.79 Å². The lowest BCUT2D eigenvalue weighted by Gasteiger charge is -2.31. The van der Waals surface area contributed by atoms with Crippen molar-refractivity contribution in [3.05, 3.63) is 74.9 Å². The number of hydrogen-bond donors (Lipinski definition) is 1. The van der Waals surface area contributed by atoms with Crippen molar-refractivity contribution in [3.63, 3.8) is 0 Å². The first-order chi connectivity index (χ1) is 16.8. The third-order valence-corrected chi connectivity index (χ3v) is 6.17. The van der Waals surface area contributed by atoms with Crippen LogP contribution in [0, 0.1) is 23.0 Å². The molecule has 1 fully saturated rings. The Hall–Kier alpha value is -3.92. The van der Waals surface area contributed by atoms with Crippen molar-refractivity contribution in [2.45, 2.75) is 19.8 Å². The molecule has 1 N–H and O–H groups in total. The van der Waals surface area contributed by atoms with E-state index in [0.717, 1.165) is 0 Å². The van der Waals surface area contributed by atoms with E-state index < -0.39 is 4.92 Å². The topological polar surface area (TPSA) is 120 Å². The second-order valence-corrected chi connectivity index (χ2v) is 8.69. The molecule has 0 spiro atoms. The van der Waals surface area contributed by atoms with E-state index in [9.17, 15) is 19.7 Å². The average molecular weight is 498 g/mol. The van der Waals surface area contributed by atoms with Crippen LogP contribution < -0.4 is 10.1 Å². The number of aryl methyl sites for hydroxylation is 1. The SMILES string of the molecule is COc1ccc(Cl)cc1C(=O)N1CCC(C(=O)Nc2cc(C)nn2-c2ccc([N+](=O)[O-])cc2)CC1. The van der Waals surface area contributed by atoms with Gasteiger partial charge in [-0.2, -0.15) is 5.10 Å². The molecule has 182 valence electrons. The van der Waals surface area contributed by atoms with Crippen molar-refractivity contribution < 1.29 is 19.2 Å². The Labute approximate surface area is 206 Å². The number of methoxy groups -OCH3 is 1. The number of nitrogens with one attached hydrogen (secondary N) is 1. The molecule has 1 aliphatic heterocycles. The van der Waals surface area contributed by atoms with Crippen LogP contribution in [0.3, 0.4) is 0 Å². The van der Waals surface area contributed by atoms with Gasteiger partial charge in [0, 0.05) is 42.2 Å². The number of nitro benzene ring substituents is 1. The number of nitro groups is 1. The number of nitrogens with zero attached hydrogens (tertiary/aromatic N) is 4. The van der Waals surface area contributed by atoms with Gasteiger partial charge >= 0.3 is 0 Å². The summed E-state index contributed by atoms with van der Waals surface area (Å²) in [4.78, 5) is 38.2. The first-order valence-electron chi connectivity index (χ1n) is 11.0. The Morgan fingerprint density at radius 2 is 1.83 bits per heavy atom. The molecule has 35 heavy (non-hydrogen) atoms. The second kappa shape index (κ2) is 10.1. The summed E-state index contributed by atoms with van der Waals surface area (Å²) in [7, 11) is 1.50. The highest BCUT2D eigenvalue weighted by Gasteiger charge is 2.29. The van der Waals surface area contributed by atoms with Crippen LogP contribution in [-0.4, -0.2) is 51.6 Å². The number of benzene rings is 2. The van der Waals surface area contributed by atoms with Gasteiger partial charge in [0.05, 0.1) is 29.0 Å². The zero-order valence-corrected chi connectivity index (χ0v) is 20.0. The van der Waals surface area contributed by atoms with Crippen molar-refractivity contribution in [1.82, 2.24) is 14.7 Å². The maximum absolute atomic E-state index is 13.0. The van der Waals surface area contributed by atoms with Crippen LogP contribution in [0.25, 0.3) is 5.69 Å². The predicted octanol–water partition coefficient (Wildman–Crippen LogP) is 4.24. The molecule has 0 radical (unpaired) electrons. The molecule has 0 atom stereocenters. The number of piperidine rings is 1. The lowest BCUT2D eigenvalue weighted by atomic mass is 9.95. The fourth-order valence-corrected chi connectivity index (χ4v) is 4.26. The number of halogens is 1. The number of hydrogen-bond acceptors (Lipinski definition) is 6. The van der Waals surface area contributed by atoms with E-state index in [1.165, 1.54) is 19.2 Å². The van der Waals surface area contributed by atoms with Gasteiger partial charge in [-0.1, -0.05) is 11.6 Å². The summed E-state index contributed by atoms with van der Waals surface area (Å²) in [6.45, 7) is 2.65. The molecule has 3 aromatic rings. The van der Waals surface area contributed by atoms with Gasteiger partial charge in [0.1, 0.15) is 11.6 Å². The van der Waals surface area contributed by atoms with Crippen LogP contribution in [0.1, 0.15) is 28.9 Å². The van der Waals surface area contributed by atoms with Crippen molar-refractivity contribution in [3.8, 4) is 11.4 Å². The summed E-state index contributed by atoms with van der Waals surface area (Å²) in [5.41, 5.74) is 1.65. The molecule has 0 aliphatic carbocycles. The van der Waals surface area contributed by atoms with Crippen molar-refractivity contribution in [2.75, 3.05) is 25.5 Å². The highest BCUT2D eigenvalue weighted by Crippen LogP contribution is 2.27. The summed E-state index contributed by atoms with van der Waals surface area (Å²) >= 11 is 6.06. The zero-order valence-electron chi connectivity index (χ0n) is 19.2. The van der Waals surface area contributed by atoms with Gasteiger partial charge in [0.15, 0.2) is 0 Å². The third-order valence-electron chi connectivity index (χ3n) is 5.93. The molecule has 0 unspecified atom stereocenters. The van der Waals surface area contributed by atoms with E-state index in [2.05, 4.69) is 10.4 Å².